The van der Waals surface area contributed by atoms with Crippen LogP contribution in [0.4, 0.5) is 0 Å². The van der Waals surface area contributed by atoms with Crippen molar-refractivity contribution in [2.24, 2.45) is 0 Å². The maximum Gasteiger partial charge on any atom is 0.167 e. The number of aliphatic hydroxyl groups is 4. The van der Waals surface area contributed by atoms with Crippen LogP contribution in [-0.2, 0) is 4.74 Å². The minimum absolute atomic E-state index is 0.0848. The van der Waals surface area contributed by atoms with Gasteiger partial charge < -0.3 is 25.2 Å². The lowest BCUT2D eigenvalue weighted by molar-refractivity contribution is -0.128. The van der Waals surface area contributed by atoms with Crippen LogP contribution in [0.2, 0.25) is 5.15 Å². The first-order chi connectivity index (χ1) is 11.0. The molecule has 9 nitrogen and oxygen atoms in total. The molecule has 3 rings (SSSR count). The van der Waals surface area contributed by atoms with Crippen LogP contribution in [0.15, 0.2) is 24.8 Å². The Bertz CT molecular complexity index is 738. The first-order valence-corrected chi connectivity index (χ1v) is 7.15. The standard InChI is InChI=1S/C13H15ClN4O5/c1-5-8(20)10(22)9(21)6(2-19)23-13(5)18-4-17-7-11(14)15-3-16-12(7)18/h3-4,6,8-10,13,19-22H,1-2H2/t6-,8+,9-,10-,13-/m1/s1. The number of hydrogen-bond donors (Lipinski definition) is 4. The number of nitrogens with zero attached hydrogens (tertiary/aromatic N) is 4. The van der Waals surface area contributed by atoms with E-state index >= 15 is 0 Å². The molecule has 1 aliphatic rings. The summed E-state index contributed by atoms with van der Waals surface area (Å²) in [5.74, 6) is 0. The summed E-state index contributed by atoms with van der Waals surface area (Å²) in [6, 6.07) is 0. The van der Waals surface area contributed by atoms with Crippen molar-refractivity contribution in [2.45, 2.75) is 30.6 Å². The van der Waals surface area contributed by atoms with Gasteiger partial charge in [-0.3, -0.25) is 4.57 Å². The van der Waals surface area contributed by atoms with Crippen LogP contribution >= 0.6 is 11.6 Å². The van der Waals surface area contributed by atoms with Gasteiger partial charge in [0.15, 0.2) is 17.0 Å². The third-order valence-corrected chi connectivity index (χ3v) is 4.08. The van der Waals surface area contributed by atoms with E-state index in [1.54, 1.807) is 0 Å². The Kier molecular flexibility index (Phi) is 4.32. The minimum atomic E-state index is -1.54. The second-order valence-corrected chi connectivity index (χ2v) is 5.56. The van der Waals surface area contributed by atoms with Gasteiger partial charge in [-0.15, -0.1) is 0 Å². The van der Waals surface area contributed by atoms with Crippen molar-refractivity contribution >= 4 is 22.8 Å². The zero-order valence-electron chi connectivity index (χ0n) is 11.8. The molecule has 1 aliphatic heterocycles. The van der Waals surface area contributed by atoms with Crippen LogP contribution in [0, 0.1) is 0 Å². The van der Waals surface area contributed by atoms with Gasteiger partial charge >= 0.3 is 0 Å². The molecule has 2 aromatic rings. The molecule has 0 radical (unpaired) electrons. The summed E-state index contributed by atoms with van der Waals surface area (Å²) in [5.41, 5.74) is 0.735. The molecule has 0 saturated carbocycles. The van der Waals surface area contributed by atoms with Gasteiger partial charge in [-0.05, 0) is 0 Å². The first kappa shape index (κ1) is 16.2. The third kappa shape index (κ3) is 2.61. The van der Waals surface area contributed by atoms with E-state index in [1.807, 2.05) is 0 Å². The fourth-order valence-corrected chi connectivity index (χ4v) is 2.67. The van der Waals surface area contributed by atoms with Gasteiger partial charge in [0.1, 0.15) is 36.3 Å². The molecule has 0 bridgehead atoms. The van der Waals surface area contributed by atoms with Gasteiger partial charge in [0.05, 0.1) is 12.9 Å². The lowest BCUT2D eigenvalue weighted by Crippen LogP contribution is -2.44. The molecule has 3 heterocycles. The number of imidazole rings is 1. The van der Waals surface area contributed by atoms with Crippen molar-refractivity contribution in [2.75, 3.05) is 6.61 Å². The molecule has 0 unspecified atom stereocenters. The Morgan fingerprint density at radius 2 is 1.96 bits per heavy atom. The summed E-state index contributed by atoms with van der Waals surface area (Å²) in [6.45, 7) is 3.16. The summed E-state index contributed by atoms with van der Waals surface area (Å²) in [4.78, 5) is 12.0. The summed E-state index contributed by atoms with van der Waals surface area (Å²) in [5, 5.41) is 39.6. The average Bonchev–Trinajstić information content (AvgIpc) is 2.95. The molecule has 4 N–H and O–H groups in total. The molecule has 0 aliphatic carbocycles. The van der Waals surface area contributed by atoms with E-state index in [2.05, 4.69) is 21.5 Å². The number of fused-ring (bicyclic) bond motifs is 1. The fraction of sp³-hybridized carbons (Fsp3) is 0.462. The molecule has 0 spiro atoms. The second-order valence-electron chi connectivity index (χ2n) is 5.20. The van der Waals surface area contributed by atoms with Crippen LogP contribution in [-0.4, -0.2) is 71.0 Å². The molecule has 23 heavy (non-hydrogen) atoms. The van der Waals surface area contributed by atoms with Crippen LogP contribution in [0.5, 0.6) is 0 Å². The van der Waals surface area contributed by atoms with E-state index < -0.39 is 37.3 Å². The molecule has 1 saturated heterocycles. The van der Waals surface area contributed by atoms with Crippen molar-refractivity contribution < 1.29 is 25.2 Å². The summed E-state index contributed by atoms with van der Waals surface area (Å²) in [6.07, 6.45) is -4.01. The molecular weight excluding hydrogens is 328 g/mol. The first-order valence-electron chi connectivity index (χ1n) is 6.78. The quantitative estimate of drug-likeness (QED) is 0.404. The van der Waals surface area contributed by atoms with Gasteiger partial charge in [-0.2, -0.15) is 0 Å². The lowest BCUT2D eigenvalue weighted by Gasteiger charge is -2.24. The van der Waals surface area contributed by atoms with E-state index in [9.17, 15) is 20.4 Å². The Morgan fingerprint density at radius 1 is 1.22 bits per heavy atom. The fourth-order valence-electron chi connectivity index (χ4n) is 2.50. The summed E-state index contributed by atoms with van der Waals surface area (Å²) < 4.78 is 7.05. The summed E-state index contributed by atoms with van der Waals surface area (Å²) >= 11 is 5.95. The highest BCUT2D eigenvalue weighted by Gasteiger charge is 2.41. The van der Waals surface area contributed by atoms with Crippen molar-refractivity contribution in [3.05, 3.63) is 30.0 Å². The third-order valence-electron chi connectivity index (χ3n) is 3.80. The molecule has 1 fully saturated rings. The smallest absolute Gasteiger partial charge is 0.167 e. The van der Waals surface area contributed by atoms with Crippen molar-refractivity contribution in [1.82, 2.24) is 19.5 Å². The average molecular weight is 343 g/mol. The molecule has 5 atom stereocenters. The Morgan fingerprint density at radius 3 is 2.65 bits per heavy atom. The van der Waals surface area contributed by atoms with E-state index in [0.29, 0.717) is 11.2 Å². The Labute approximate surface area is 135 Å². The molecule has 0 aromatic carbocycles. The largest absolute Gasteiger partial charge is 0.394 e. The van der Waals surface area contributed by atoms with E-state index in [0.717, 1.165) is 0 Å². The number of aliphatic hydroxyl groups excluding tert-OH is 4. The minimum Gasteiger partial charge on any atom is -0.394 e. The van der Waals surface area contributed by atoms with Crippen LogP contribution in [0.25, 0.3) is 11.2 Å². The van der Waals surface area contributed by atoms with Crippen molar-refractivity contribution in [3.63, 3.8) is 0 Å². The zero-order valence-corrected chi connectivity index (χ0v) is 12.6. The van der Waals surface area contributed by atoms with E-state index in [1.165, 1.54) is 17.2 Å². The molecular formula is C13H15ClN4O5. The van der Waals surface area contributed by atoms with Gasteiger partial charge in [-0.25, -0.2) is 15.0 Å². The van der Waals surface area contributed by atoms with Crippen molar-refractivity contribution in [3.8, 4) is 0 Å². The second kappa shape index (κ2) is 6.11. The molecule has 10 heteroatoms. The highest BCUT2D eigenvalue weighted by molar-refractivity contribution is 6.33. The van der Waals surface area contributed by atoms with Gasteiger partial charge in [-0.1, -0.05) is 18.2 Å². The van der Waals surface area contributed by atoms with E-state index in [4.69, 9.17) is 16.3 Å². The van der Waals surface area contributed by atoms with Crippen LogP contribution in [0.3, 0.4) is 0 Å². The number of aromatic nitrogens is 4. The molecule has 124 valence electrons. The monoisotopic (exact) mass is 342 g/mol. The number of ether oxygens (including phenoxy) is 1. The zero-order chi connectivity index (χ0) is 16.7. The highest BCUT2D eigenvalue weighted by atomic mass is 35.5. The van der Waals surface area contributed by atoms with Crippen LogP contribution < -0.4 is 0 Å². The predicted octanol–water partition coefficient (Wildman–Crippen LogP) is -0.992. The van der Waals surface area contributed by atoms with Crippen LogP contribution in [0.1, 0.15) is 6.23 Å². The lowest BCUT2D eigenvalue weighted by atomic mass is 10.00. The Balaban J connectivity index is 2.08. The van der Waals surface area contributed by atoms with E-state index in [-0.39, 0.29) is 10.7 Å². The number of halogens is 1. The highest BCUT2D eigenvalue weighted by Crippen LogP contribution is 2.32. The topological polar surface area (TPSA) is 134 Å². The number of hydrogen-bond acceptors (Lipinski definition) is 8. The van der Waals surface area contributed by atoms with Gasteiger partial charge in [0, 0.05) is 5.57 Å². The number of rotatable bonds is 2. The molecule has 0 amide bonds. The predicted molar refractivity (Wildman–Crippen MR) is 78.5 cm³/mol. The molecule has 2 aromatic heterocycles. The van der Waals surface area contributed by atoms with Gasteiger partial charge in [0.25, 0.3) is 0 Å². The maximum atomic E-state index is 10.1. The maximum absolute atomic E-state index is 10.1. The Hall–Kier alpha value is -1.62. The van der Waals surface area contributed by atoms with Crippen molar-refractivity contribution in [1.29, 1.82) is 0 Å². The van der Waals surface area contributed by atoms with Gasteiger partial charge in [0.2, 0.25) is 0 Å². The summed E-state index contributed by atoms with van der Waals surface area (Å²) in [7, 11) is 0. The SMILES string of the molecule is C=C1[C@H](n2cnc3c(Cl)ncnc32)O[C@H](CO)[C@@H](O)[C@H](O)[C@H]1O. The normalized spacial score (nSPS) is 32.2.